The molecule has 0 aliphatic rings. The van der Waals surface area contributed by atoms with Crippen LogP contribution in [0.4, 0.5) is 0 Å². The van der Waals surface area contributed by atoms with Gasteiger partial charge in [-0.15, -0.1) is 0 Å². The van der Waals surface area contributed by atoms with Crippen molar-refractivity contribution in [2.24, 2.45) is 0 Å². The minimum Gasteiger partial charge on any atom is -0.481 e. The zero-order valence-electron chi connectivity index (χ0n) is 5.09. The minimum absolute atomic E-state index is 0. The molecular formula is C4H8NaO3. The van der Waals surface area contributed by atoms with Crippen LogP contribution >= 0.6 is 0 Å². The Morgan fingerprint density at radius 1 is 1.75 bits per heavy atom. The molecule has 0 aromatic rings. The Bertz CT molecular complexity index is 71.7. The van der Waals surface area contributed by atoms with Gasteiger partial charge in [0.2, 0.25) is 0 Å². The molecule has 1 atom stereocenters. The molecule has 0 fully saturated rings. The van der Waals surface area contributed by atoms with Crippen molar-refractivity contribution in [1.29, 1.82) is 0 Å². The van der Waals surface area contributed by atoms with Crippen molar-refractivity contribution in [1.82, 2.24) is 0 Å². The molecule has 1 unspecified atom stereocenters. The van der Waals surface area contributed by atoms with Crippen molar-refractivity contribution in [2.45, 2.75) is 19.4 Å². The van der Waals surface area contributed by atoms with Crippen molar-refractivity contribution in [3.8, 4) is 0 Å². The van der Waals surface area contributed by atoms with Gasteiger partial charge >= 0.3 is 5.97 Å². The van der Waals surface area contributed by atoms with E-state index in [1.165, 1.54) is 6.92 Å². The van der Waals surface area contributed by atoms with Crippen molar-refractivity contribution in [2.75, 3.05) is 0 Å². The van der Waals surface area contributed by atoms with E-state index in [0.717, 1.165) is 0 Å². The van der Waals surface area contributed by atoms with Gasteiger partial charge < -0.3 is 10.2 Å². The second-order valence-corrected chi connectivity index (χ2v) is 1.45. The van der Waals surface area contributed by atoms with Gasteiger partial charge in [-0.05, 0) is 6.92 Å². The van der Waals surface area contributed by atoms with E-state index < -0.39 is 12.1 Å². The minimum atomic E-state index is -0.963. The third-order valence-electron chi connectivity index (χ3n) is 0.470. The van der Waals surface area contributed by atoms with E-state index in [1.54, 1.807) is 0 Å². The van der Waals surface area contributed by atoms with E-state index in [0.29, 0.717) is 0 Å². The summed E-state index contributed by atoms with van der Waals surface area (Å²) in [6.45, 7) is 1.44. The van der Waals surface area contributed by atoms with Crippen molar-refractivity contribution < 1.29 is 15.0 Å². The van der Waals surface area contributed by atoms with E-state index >= 15 is 0 Å². The van der Waals surface area contributed by atoms with Gasteiger partial charge in [-0.1, -0.05) is 0 Å². The van der Waals surface area contributed by atoms with Crippen LogP contribution < -0.4 is 0 Å². The molecule has 43 valence electrons. The average Bonchev–Trinajstić information content (AvgIpc) is 1.27. The number of rotatable bonds is 2. The van der Waals surface area contributed by atoms with Crippen LogP contribution in [0.5, 0.6) is 0 Å². The number of aliphatic hydroxyl groups excluding tert-OH is 1. The van der Waals surface area contributed by atoms with E-state index in [4.69, 9.17) is 10.2 Å². The van der Waals surface area contributed by atoms with Crippen LogP contribution in [-0.4, -0.2) is 51.8 Å². The predicted octanol–water partition coefficient (Wildman–Crippen LogP) is -0.539. The van der Waals surface area contributed by atoms with Crippen molar-refractivity contribution >= 4 is 35.5 Å². The first-order valence-corrected chi connectivity index (χ1v) is 2.03. The van der Waals surface area contributed by atoms with Gasteiger partial charge in [0.25, 0.3) is 0 Å². The molecule has 4 heteroatoms. The Labute approximate surface area is 70.0 Å². The Morgan fingerprint density at radius 3 is 2.12 bits per heavy atom. The summed E-state index contributed by atoms with van der Waals surface area (Å²) in [4.78, 5) is 9.65. The van der Waals surface area contributed by atoms with Crippen molar-refractivity contribution in [3.63, 3.8) is 0 Å². The predicted molar refractivity (Wildman–Crippen MR) is 29.7 cm³/mol. The maximum atomic E-state index is 9.65. The molecule has 0 rings (SSSR count). The molecule has 3 nitrogen and oxygen atoms in total. The molecule has 0 aromatic heterocycles. The number of carboxylic acids is 1. The maximum absolute atomic E-state index is 9.65. The fraction of sp³-hybridized carbons (Fsp3) is 0.750. The van der Waals surface area contributed by atoms with E-state index in [2.05, 4.69) is 0 Å². The van der Waals surface area contributed by atoms with Crippen LogP contribution in [0.3, 0.4) is 0 Å². The average molecular weight is 129 g/mol. The molecule has 0 aliphatic heterocycles. The monoisotopic (exact) mass is 129 g/mol. The van der Waals surface area contributed by atoms with Gasteiger partial charge in [0.05, 0.1) is 12.5 Å². The zero-order chi connectivity index (χ0) is 5.86. The largest absolute Gasteiger partial charge is 0.481 e. The number of carboxylic acid groups (broad SMARTS) is 1. The maximum Gasteiger partial charge on any atom is 0.305 e. The smallest absolute Gasteiger partial charge is 0.305 e. The Kier molecular flexibility index (Phi) is 7.83. The van der Waals surface area contributed by atoms with Crippen molar-refractivity contribution in [3.05, 3.63) is 0 Å². The van der Waals surface area contributed by atoms with Gasteiger partial charge in [0.15, 0.2) is 0 Å². The summed E-state index contributed by atoms with van der Waals surface area (Å²) >= 11 is 0. The Balaban J connectivity index is 0. The second-order valence-electron chi connectivity index (χ2n) is 1.45. The first-order chi connectivity index (χ1) is 3.13. The number of carbonyl (C=O) groups is 1. The molecule has 0 bridgehead atoms. The molecule has 0 amide bonds. The molecule has 0 aromatic carbocycles. The van der Waals surface area contributed by atoms with Crippen LogP contribution in [0.2, 0.25) is 0 Å². The fourth-order valence-electron chi connectivity index (χ4n) is 0.253. The molecule has 8 heavy (non-hydrogen) atoms. The molecule has 0 spiro atoms. The van der Waals surface area contributed by atoms with Gasteiger partial charge in [0, 0.05) is 29.6 Å². The molecule has 2 N–H and O–H groups in total. The molecule has 1 radical (unpaired) electrons. The standard InChI is InChI=1S/C4H8O3.Na/c1-3(5)2-4(6)7;/h3,5H,2H2,1H3,(H,6,7);/i3+1,4+1;. The Hall–Kier alpha value is 0.430. The van der Waals surface area contributed by atoms with Crippen LogP contribution in [0.1, 0.15) is 13.3 Å². The molecule has 0 saturated heterocycles. The van der Waals surface area contributed by atoms with E-state index in [1.807, 2.05) is 0 Å². The van der Waals surface area contributed by atoms with Gasteiger partial charge in [-0.25, -0.2) is 0 Å². The van der Waals surface area contributed by atoms with E-state index in [9.17, 15) is 4.79 Å². The molecule has 0 heterocycles. The summed E-state index contributed by atoms with van der Waals surface area (Å²) in [6, 6.07) is 0. The first kappa shape index (κ1) is 11.3. The summed E-state index contributed by atoms with van der Waals surface area (Å²) in [5, 5.41) is 16.3. The zero-order valence-corrected chi connectivity index (χ0v) is 7.09. The summed E-state index contributed by atoms with van der Waals surface area (Å²) in [7, 11) is 0. The summed E-state index contributed by atoms with van der Waals surface area (Å²) in [6.07, 6.45) is -0.891. The molecule has 0 aliphatic carbocycles. The quantitative estimate of drug-likeness (QED) is 0.389. The Morgan fingerprint density at radius 2 is 2.12 bits per heavy atom. The number of hydrogen-bond donors (Lipinski definition) is 2. The third kappa shape index (κ3) is 9.66. The van der Waals surface area contributed by atoms with Crippen LogP contribution in [-0.2, 0) is 4.79 Å². The number of hydrogen-bond acceptors (Lipinski definition) is 2. The van der Waals surface area contributed by atoms with Crippen LogP contribution in [0.15, 0.2) is 0 Å². The summed E-state index contributed by atoms with van der Waals surface area (Å²) in [5.74, 6) is -0.963. The van der Waals surface area contributed by atoms with E-state index in [-0.39, 0.29) is 36.0 Å². The van der Waals surface area contributed by atoms with Gasteiger partial charge in [-0.3, -0.25) is 4.79 Å². The normalized spacial score (nSPS) is 11.8. The van der Waals surface area contributed by atoms with Crippen LogP contribution in [0, 0.1) is 0 Å². The number of aliphatic hydroxyl groups is 1. The third-order valence-corrected chi connectivity index (χ3v) is 0.470. The fourth-order valence-corrected chi connectivity index (χ4v) is 0.253. The number of aliphatic carboxylic acids is 1. The molecular weight excluding hydrogens is 121 g/mol. The summed E-state index contributed by atoms with van der Waals surface area (Å²) < 4.78 is 0. The van der Waals surface area contributed by atoms with Gasteiger partial charge in [0.1, 0.15) is 0 Å². The molecule has 0 saturated carbocycles. The SMILES string of the molecule is C[13CH](O)C[13C](=O)O.[Na]. The van der Waals surface area contributed by atoms with Gasteiger partial charge in [-0.2, -0.15) is 0 Å². The summed E-state index contributed by atoms with van der Waals surface area (Å²) in [5.41, 5.74) is 0. The second kappa shape index (κ2) is 5.56. The van der Waals surface area contributed by atoms with Crippen LogP contribution in [0.25, 0.3) is 0 Å². The topological polar surface area (TPSA) is 57.5 Å². The first-order valence-electron chi connectivity index (χ1n) is 2.03.